The van der Waals surface area contributed by atoms with Gasteiger partial charge in [0.25, 0.3) is 0 Å². The van der Waals surface area contributed by atoms with E-state index in [0.717, 1.165) is 5.75 Å². The first kappa shape index (κ1) is 13.8. The van der Waals surface area contributed by atoms with Crippen LogP contribution >= 0.6 is 11.8 Å². The second kappa shape index (κ2) is 10.3. The summed E-state index contributed by atoms with van der Waals surface area (Å²) in [5.41, 5.74) is 5.19. The quantitative estimate of drug-likeness (QED) is 0.571. The molecule has 0 heterocycles. The normalized spacial score (nSPS) is 11.4. The number of carboxylic acids is 1. The maximum absolute atomic E-state index is 10.1. The summed E-state index contributed by atoms with van der Waals surface area (Å²) in [5, 5.41) is 8.27. The Morgan fingerprint density at radius 1 is 1.73 bits per heavy atom. The summed E-state index contributed by atoms with van der Waals surface area (Å²) in [6.07, 6.45) is 2.48. The van der Waals surface area contributed by atoms with Gasteiger partial charge in [0.15, 0.2) is 0 Å². The molecular formula is C5H12CuNO3S. The number of hydrogen-bond acceptors (Lipinski definition) is 4. The Bertz CT molecular complexity index is 104. The second-order valence-electron chi connectivity index (χ2n) is 1.73. The number of aliphatic carboxylic acids is 1. The van der Waals surface area contributed by atoms with Crippen LogP contribution in [0.4, 0.5) is 0 Å². The van der Waals surface area contributed by atoms with E-state index in [1.807, 2.05) is 6.26 Å². The molecule has 0 aliphatic heterocycles. The monoisotopic (exact) mass is 229 g/mol. The van der Waals surface area contributed by atoms with Gasteiger partial charge in [0, 0.05) is 0 Å². The summed E-state index contributed by atoms with van der Waals surface area (Å²) in [6, 6.07) is -0.683. The van der Waals surface area contributed by atoms with Crippen LogP contribution in [0, 0.1) is 0 Å². The Hall–Kier alpha value is 0.259. The van der Waals surface area contributed by atoms with Crippen LogP contribution in [0.1, 0.15) is 6.42 Å². The van der Waals surface area contributed by atoms with E-state index in [2.05, 4.69) is 16.3 Å². The van der Waals surface area contributed by atoms with Gasteiger partial charge in [-0.25, -0.2) is 0 Å². The Morgan fingerprint density at radius 3 is 2.45 bits per heavy atom. The number of hydrogen-bond donors (Lipinski definition) is 3. The number of carboxylic acid groups (broad SMARTS) is 1. The summed E-state index contributed by atoms with van der Waals surface area (Å²) in [6.45, 7) is 0. The van der Waals surface area contributed by atoms with E-state index in [-0.39, 0.29) is 0 Å². The van der Waals surface area contributed by atoms with Crippen molar-refractivity contribution in [2.45, 2.75) is 12.5 Å². The molecule has 0 fully saturated rings. The second-order valence-corrected chi connectivity index (χ2v) is 2.71. The third-order valence-corrected chi connectivity index (χ3v) is 1.59. The van der Waals surface area contributed by atoms with Crippen molar-refractivity contribution >= 4 is 17.7 Å². The maximum atomic E-state index is 10.1. The molecule has 1 atom stereocenters. The molecular weight excluding hydrogens is 218 g/mol. The molecule has 0 aliphatic rings. The van der Waals surface area contributed by atoms with Crippen LogP contribution in [0.25, 0.3) is 0 Å². The van der Waals surface area contributed by atoms with Gasteiger partial charge in [0.2, 0.25) is 0 Å². The zero-order valence-corrected chi connectivity index (χ0v) is 7.84. The van der Waals surface area contributed by atoms with E-state index >= 15 is 0 Å². The molecule has 0 aromatic heterocycles. The average Bonchev–Trinajstić information content (AvgIpc) is 2.03. The molecule has 72 valence electrons. The van der Waals surface area contributed by atoms with Crippen molar-refractivity contribution < 1.29 is 30.4 Å². The molecule has 0 radical (unpaired) electrons. The van der Waals surface area contributed by atoms with Gasteiger partial charge < -0.3 is 10.8 Å². The Morgan fingerprint density at radius 2 is 2.18 bits per heavy atom. The Kier molecular flexibility index (Phi) is 12.9. The molecule has 4 nitrogen and oxygen atoms in total. The molecule has 0 aromatic rings. The van der Waals surface area contributed by atoms with Crippen LogP contribution in [0.5, 0.6) is 0 Å². The van der Waals surface area contributed by atoms with E-state index in [0.29, 0.717) is 6.42 Å². The van der Waals surface area contributed by atoms with Crippen molar-refractivity contribution in [3.8, 4) is 0 Å². The first-order chi connectivity index (χ1) is 5.18. The van der Waals surface area contributed by atoms with Gasteiger partial charge in [0.05, 0.1) is 0 Å². The van der Waals surface area contributed by atoms with Gasteiger partial charge in [-0.2, -0.15) is 11.8 Å². The molecule has 0 aliphatic carbocycles. The molecule has 0 bridgehead atoms. The molecule has 0 spiro atoms. The van der Waals surface area contributed by atoms with Gasteiger partial charge >= 0.3 is 26.5 Å². The molecule has 0 aromatic carbocycles. The van der Waals surface area contributed by atoms with E-state index in [4.69, 9.17) is 15.0 Å². The fraction of sp³-hybridized carbons (Fsp3) is 0.800. The zero-order chi connectivity index (χ0) is 9.28. The fourth-order valence-electron chi connectivity index (χ4n) is 0.368. The zero-order valence-electron chi connectivity index (χ0n) is 6.08. The molecule has 0 saturated heterocycles. The Balaban J connectivity index is 0. The predicted octanol–water partition coefficient (Wildman–Crippen LogP) is -0.408. The predicted molar refractivity (Wildman–Crippen MR) is 40.8 cm³/mol. The van der Waals surface area contributed by atoms with E-state index in [1.54, 1.807) is 11.8 Å². The number of rotatable bonds is 4. The van der Waals surface area contributed by atoms with Crippen molar-refractivity contribution in [3.63, 3.8) is 0 Å². The van der Waals surface area contributed by atoms with Gasteiger partial charge in [-0.15, -0.1) is 0 Å². The molecule has 0 unspecified atom stereocenters. The Labute approximate surface area is 78.7 Å². The van der Waals surface area contributed by atoms with E-state index < -0.39 is 12.0 Å². The van der Waals surface area contributed by atoms with Crippen molar-refractivity contribution in [1.82, 2.24) is 0 Å². The van der Waals surface area contributed by atoms with Crippen LogP contribution < -0.4 is 5.73 Å². The third-order valence-electron chi connectivity index (χ3n) is 0.950. The first-order valence-electron chi connectivity index (χ1n) is 2.79. The van der Waals surface area contributed by atoms with Crippen molar-refractivity contribution in [3.05, 3.63) is 0 Å². The minimum absolute atomic E-state index is 0.552. The van der Waals surface area contributed by atoms with Crippen LogP contribution in [-0.4, -0.2) is 33.3 Å². The summed E-state index contributed by atoms with van der Waals surface area (Å²) in [7, 11) is 0. The van der Waals surface area contributed by atoms with Gasteiger partial charge in [-0.05, 0) is 18.4 Å². The molecule has 0 saturated carbocycles. The van der Waals surface area contributed by atoms with Crippen molar-refractivity contribution in [1.29, 1.82) is 0 Å². The molecule has 0 rings (SSSR count). The minimum atomic E-state index is -0.913. The average molecular weight is 230 g/mol. The van der Waals surface area contributed by atoms with Crippen LogP contribution in [0.3, 0.4) is 0 Å². The molecule has 0 amide bonds. The molecule has 11 heavy (non-hydrogen) atoms. The summed E-state index contributed by atoms with van der Waals surface area (Å²) in [4.78, 5) is 10.1. The van der Waals surface area contributed by atoms with Crippen LogP contribution in [-0.2, 0) is 21.1 Å². The molecule has 4 N–H and O–H groups in total. The first-order valence-corrected chi connectivity index (χ1v) is 4.60. The van der Waals surface area contributed by atoms with Crippen LogP contribution in [0.15, 0.2) is 0 Å². The standard InChI is InChI=1S/C5H11NO2S.Cu.H2O/c1-9-3-2-4(6)5(7)8;;/h4H,2-3,6H2,1H3,(H,7,8);;1H2/q;+1;/p-1/t4-;;/m0../s1. The number of carbonyl (C=O) groups is 1. The van der Waals surface area contributed by atoms with Gasteiger partial charge in [0.1, 0.15) is 6.04 Å². The van der Waals surface area contributed by atoms with Crippen molar-refractivity contribution in [2.75, 3.05) is 12.0 Å². The van der Waals surface area contributed by atoms with E-state index in [9.17, 15) is 4.79 Å². The number of nitrogens with two attached hydrogens (primary N) is 1. The summed E-state index contributed by atoms with van der Waals surface area (Å²) in [5.74, 6) is -0.1000. The van der Waals surface area contributed by atoms with Gasteiger partial charge in [-0.3, -0.25) is 4.79 Å². The SMILES string of the molecule is CSCC[C@H](N)C(=O)O.[OH][Cu]. The summed E-state index contributed by atoms with van der Waals surface area (Å²) < 4.78 is 6.56. The van der Waals surface area contributed by atoms with Gasteiger partial charge in [-0.1, -0.05) is 0 Å². The topological polar surface area (TPSA) is 83.6 Å². The summed E-state index contributed by atoms with van der Waals surface area (Å²) >= 11 is 4.79. The third kappa shape index (κ3) is 10.3. The van der Waals surface area contributed by atoms with Crippen LogP contribution in [0.2, 0.25) is 0 Å². The molecule has 6 heteroatoms. The van der Waals surface area contributed by atoms with E-state index in [1.165, 1.54) is 0 Å². The van der Waals surface area contributed by atoms with Crippen molar-refractivity contribution in [2.24, 2.45) is 5.73 Å². The fourth-order valence-corrected chi connectivity index (χ4v) is 0.858. The number of thioether (sulfide) groups is 1.